The van der Waals surface area contributed by atoms with Crippen LogP contribution >= 0.6 is 11.3 Å². The molecule has 0 saturated carbocycles. The molecule has 0 aromatic carbocycles. The Balaban J connectivity index is 2.14. The second-order valence-electron chi connectivity index (χ2n) is 5.01. The lowest BCUT2D eigenvalue weighted by atomic mass is 10.1. The largest absolute Gasteiger partial charge is 0.365 e. The molecule has 20 heavy (non-hydrogen) atoms. The first kappa shape index (κ1) is 14.5. The molecule has 0 saturated heterocycles. The molecule has 0 spiro atoms. The van der Waals surface area contributed by atoms with Crippen LogP contribution in [0.2, 0.25) is 0 Å². The summed E-state index contributed by atoms with van der Waals surface area (Å²) in [6.07, 6.45) is 0.915. The first-order valence-corrected chi connectivity index (χ1v) is 7.38. The van der Waals surface area contributed by atoms with Gasteiger partial charge in [-0.1, -0.05) is 0 Å². The van der Waals surface area contributed by atoms with Crippen LogP contribution in [-0.4, -0.2) is 16.2 Å². The maximum Gasteiger partial charge on any atom is 0.167 e. The number of nitrogens with one attached hydrogen (secondary N) is 1. The highest BCUT2D eigenvalue weighted by molar-refractivity contribution is 7.11. The summed E-state index contributed by atoms with van der Waals surface area (Å²) in [7, 11) is 0. The van der Waals surface area contributed by atoms with E-state index in [0.29, 0.717) is 11.4 Å². The molecule has 2 aromatic heterocycles. The number of nitriles is 1. The Morgan fingerprint density at radius 3 is 2.65 bits per heavy atom. The number of aryl methyl sites for hydroxylation is 2. The van der Waals surface area contributed by atoms with E-state index in [1.54, 1.807) is 11.3 Å². The number of thiophene rings is 1. The minimum atomic E-state index is 0.205. The first-order valence-electron chi connectivity index (χ1n) is 6.57. The Labute approximate surface area is 123 Å². The quantitative estimate of drug-likeness (QED) is 0.936. The van der Waals surface area contributed by atoms with Crippen molar-refractivity contribution < 1.29 is 0 Å². The summed E-state index contributed by atoms with van der Waals surface area (Å²) < 4.78 is 0. The second kappa shape index (κ2) is 6.02. The summed E-state index contributed by atoms with van der Waals surface area (Å²) in [5.74, 6) is 0.580. The van der Waals surface area contributed by atoms with Gasteiger partial charge in [0.05, 0.1) is 5.69 Å². The van der Waals surface area contributed by atoms with Crippen LogP contribution in [0.15, 0.2) is 12.1 Å². The van der Waals surface area contributed by atoms with E-state index in [0.717, 1.165) is 17.7 Å². The molecule has 104 valence electrons. The van der Waals surface area contributed by atoms with Gasteiger partial charge in [-0.15, -0.1) is 16.4 Å². The molecule has 2 heterocycles. The van der Waals surface area contributed by atoms with Crippen molar-refractivity contribution in [2.45, 2.75) is 40.2 Å². The van der Waals surface area contributed by atoms with Crippen molar-refractivity contribution in [3.05, 3.63) is 38.7 Å². The van der Waals surface area contributed by atoms with Gasteiger partial charge in [-0.2, -0.15) is 10.4 Å². The van der Waals surface area contributed by atoms with Gasteiger partial charge in [-0.3, -0.25) is 0 Å². The highest BCUT2D eigenvalue weighted by atomic mass is 32.1. The van der Waals surface area contributed by atoms with E-state index in [4.69, 9.17) is 0 Å². The molecule has 1 N–H and O–H groups in total. The molecule has 2 rings (SSSR count). The lowest BCUT2D eigenvalue weighted by Gasteiger charge is -2.15. The predicted molar refractivity (Wildman–Crippen MR) is 82.1 cm³/mol. The predicted octanol–water partition coefficient (Wildman–Crippen LogP) is 3.38. The Morgan fingerprint density at radius 1 is 1.30 bits per heavy atom. The SMILES string of the molecule is Cc1ccc(CC(C)Nc2nnc(C)c(C)c2C#N)s1. The molecule has 1 atom stereocenters. The van der Waals surface area contributed by atoms with Crippen LogP contribution in [0.4, 0.5) is 5.82 Å². The normalized spacial score (nSPS) is 11.9. The highest BCUT2D eigenvalue weighted by Crippen LogP contribution is 2.21. The van der Waals surface area contributed by atoms with Gasteiger partial charge in [0, 0.05) is 22.2 Å². The molecule has 5 heteroatoms. The zero-order valence-corrected chi connectivity index (χ0v) is 13.0. The van der Waals surface area contributed by atoms with Crippen molar-refractivity contribution in [3.63, 3.8) is 0 Å². The monoisotopic (exact) mass is 286 g/mol. The third-order valence-corrected chi connectivity index (χ3v) is 4.28. The molecule has 4 nitrogen and oxygen atoms in total. The van der Waals surface area contributed by atoms with Gasteiger partial charge in [-0.05, 0) is 45.4 Å². The molecule has 0 bridgehead atoms. The van der Waals surface area contributed by atoms with Gasteiger partial charge in [0.15, 0.2) is 5.82 Å². The van der Waals surface area contributed by atoms with Gasteiger partial charge in [0.1, 0.15) is 11.6 Å². The minimum absolute atomic E-state index is 0.205. The third-order valence-electron chi connectivity index (χ3n) is 3.25. The average molecular weight is 286 g/mol. The van der Waals surface area contributed by atoms with Gasteiger partial charge >= 0.3 is 0 Å². The van der Waals surface area contributed by atoms with Crippen molar-refractivity contribution >= 4 is 17.2 Å². The standard InChI is InChI=1S/C15H18N4S/c1-9(7-13-6-5-10(2)20-13)17-15-14(8-16)11(3)12(4)18-19-15/h5-6,9H,7H2,1-4H3,(H,17,19). The molecule has 0 aliphatic rings. The minimum Gasteiger partial charge on any atom is -0.365 e. The van der Waals surface area contributed by atoms with Crippen molar-refractivity contribution in [1.82, 2.24) is 10.2 Å². The fourth-order valence-corrected chi connectivity index (χ4v) is 3.05. The maximum absolute atomic E-state index is 9.27. The molecule has 0 radical (unpaired) electrons. The van der Waals surface area contributed by atoms with Crippen LogP contribution in [0.3, 0.4) is 0 Å². The van der Waals surface area contributed by atoms with Crippen molar-refractivity contribution in [1.29, 1.82) is 5.26 Å². The topological polar surface area (TPSA) is 61.6 Å². The Hall–Kier alpha value is -1.93. The van der Waals surface area contributed by atoms with Gasteiger partial charge in [0.25, 0.3) is 0 Å². The number of nitrogens with zero attached hydrogens (tertiary/aromatic N) is 3. The number of aromatic nitrogens is 2. The van der Waals surface area contributed by atoms with Crippen molar-refractivity contribution in [2.24, 2.45) is 0 Å². The van der Waals surface area contributed by atoms with E-state index in [2.05, 4.69) is 47.6 Å². The molecular formula is C15H18N4S. The maximum atomic E-state index is 9.27. The summed E-state index contributed by atoms with van der Waals surface area (Å²) in [4.78, 5) is 2.65. The van der Waals surface area contributed by atoms with Gasteiger partial charge in [0.2, 0.25) is 0 Å². The molecule has 0 fully saturated rings. The lowest BCUT2D eigenvalue weighted by Crippen LogP contribution is -2.20. The summed E-state index contributed by atoms with van der Waals surface area (Å²) in [6, 6.07) is 6.70. The first-order chi connectivity index (χ1) is 9.51. The Kier molecular flexibility index (Phi) is 4.35. The van der Waals surface area contributed by atoms with Crippen LogP contribution in [-0.2, 0) is 6.42 Å². The summed E-state index contributed by atoms with van der Waals surface area (Å²) in [6.45, 7) is 7.97. The Bertz CT molecular complexity index is 654. The second-order valence-corrected chi connectivity index (χ2v) is 6.38. The lowest BCUT2D eigenvalue weighted by molar-refractivity contribution is 0.784. The van der Waals surface area contributed by atoms with Crippen LogP contribution < -0.4 is 5.32 Å². The van der Waals surface area contributed by atoms with E-state index < -0.39 is 0 Å². The number of hydrogen-bond donors (Lipinski definition) is 1. The molecule has 1 unspecified atom stereocenters. The zero-order chi connectivity index (χ0) is 14.7. The van der Waals surface area contributed by atoms with E-state index in [1.165, 1.54) is 9.75 Å². The fourth-order valence-electron chi connectivity index (χ4n) is 2.03. The van der Waals surface area contributed by atoms with Gasteiger partial charge < -0.3 is 5.32 Å². The smallest absolute Gasteiger partial charge is 0.167 e. The van der Waals surface area contributed by atoms with Crippen LogP contribution in [0, 0.1) is 32.1 Å². The Morgan fingerprint density at radius 2 is 2.05 bits per heavy atom. The summed E-state index contributed by atoms with van der Waals surface area (Å²) in [5, 5.41) is 20.8. The fraction of sp³-hybridized carbons (Fsp3) is 0.400. The van der Waals surface area contributed by atoms with Crippen LogP contribution in [0.5, 0.6) is 0 Å². The van der Waals surface area contributed by atoms with Crippen LogP contribution in [0.1, 0.15) is 33.5 Å². The highest BCUT2D eigenvalue weighted by Gasteiger charge is 2.13. The number of anilines is 1. The van der Waals surface area contributed by atoms with E-state index in [9.17, 15) is 5.26 Å². The van der Waals surface area contributed by atoms with Gasteiger partial charge in [-0.25, -0.2) is 0 Å². The average Bonchev–Trinajstić information content (AvgIpc) is 2.79. The molecule has 0 amide bonds. The zero-order valence-electron chi connectivity index (χ0n) is 12.2. The molecule has 0 aliphatic heterocycles. The van der Waals surface area contributed by atoms with E-state index in [1.807, 2.05) is 13.8 Å². The molecular weight excluding hydrogens is 268 g/mol. The van der Waals surface area contributed by atoms with E-state index in [-0.39, 0.29) is 6.04 Å². The van der Waals surface area contributed by atoms with Crippen molar-refractivity contribution in [3.8, 4) is 6.07 Å². The van der Waals surface area contributed by atoms with Crippen molar-refractivity contribution in [2.75, 3.05) is 5.32 Å². The van der Waals surface area contributed by atoms with E-state index >= 15 is 0 Å². The molecule has 2 aromatic rings. The molecule has 0 aliphatic carbocycles. The summed E-state index contributed by atoms with van der Waals surface area (Å²) in [5.41, 5.74) is 2.28. The third kappa shape index (κ3) is 3.14. The number of rotatable bonds is 4. The summed E-state index contributed by atoms with van der Waals surface area (Å²) >= 11 is 1.80. The van der Waals surface area contributed by atoms with Crippen LogP contribution in [0.25, 0.3) is 0 Å². The number of hydrogen-bond acceptors (Lipinski definition) is 5.